The highest BCUT2D eigenvalue weighted by Gasteiger charge is 2.41. The van der Waals surface area contributed by atoms with E-state index in [4.69, 9.17) is 0 Å². The summed E-state index contributed by atoms with van der Waals surface area (Å²) in [5.41, 5.74) is -1.31. The lowest BCUT2D eigenvalue weighted by molar-refractivity contribution is -0.137. The number of benzene rings is 1. The SMILES string of the molecule is CCCC1(C(=O)c2cccc(C(F)(F)F)c2)CCCN1. The Morgan fingerprint density at radius 2 is 2.15 bits per heavy atom. The number of alkyl halides is 3. The van der Waals surface area contributed by atoms with E-state index in [1.54, 1.807) is 0 Å². The number of hydrogen-bond acceptors (Lipinski definition) is 2. The molecule has 5 heteroatoms. The normalized spacial score (nSPS) is 23.0. The molecule has 0 bridgehead atoms. The largest absolute Gasteiger partial charge is 0.416 e. The molecule has 1 aromatic rings. The fraction of sp³-hybridized carbons (Fsp3) is 0.533. The molecule has 1 aliphatic rings. The van der Waals surface area contributed by atoms with Crippen LogP contribution < -0.4 is 5.32 Å². The first-order valence-corrected chi connectivity index (χ1v) is 6.86. The number of carbonyl (C=O) groups excluding carboxylic acids is 1. The van der Waals surface area contributed by atoms with Crippen LogP contribution in [0.15, 0.2) is 24.3 Å². The van der Waals surface area contributed by atoms with Gasteiger partial charge in [0.1, 0.15) is 0 Å². The second-order valence-corrected chi connectivity index (χ2v) is 5.27. The van der Waals surface area contributed by atoms with E-state index in [1.807, 2.05) is 6.92 Å². The smallest absolute Gasteiger partial charge is 0.305 e. The van der Waals surface area contributed by atoms with Crippen molar-refractivity contribution >= 4 is 5.78 Å². The summed E-state index contributed by atoms with van der Waals surface area (Å²) in [5, 5.41) is 3.20. The Morgan fingerprint density at radius 1 is 1.40 bits per heavy atom. The van der Waals surface area contributed by atoms with E-state index in [0.29, 0.717) is 12.8 Å². The predicted octanol–water partition coefficient (Wildman–Crippen LogP) is 3.81. The van der Waals surface area contributed by atoms with Gasteiger partial charge < -0.3 is 5.32 Å². The molecule has 0 radical (unpaired) electrons. The first-order chi connectivity index (χ1) is 9.39. The molecule has 1 atom stereocenters. The maximum atomic E-state index is 12.7. The Morgan fingerprint density at radius 3 is 2.70 bits per heavy atom. The van der Waals surface area contributed by atoms with Gasteiger partial charge in [0.05, 0.1) is 11.1 Å². The van der Waals surface area contributed by atoms with Crippen LogP contribution in [0.4, 0.5) is 13.2 Å². The number of hydrogen-bond donors (Lipinski definition) is 1. The first-order valence-electron chi connectivity index (χ1n) is 6.86. The molecule has 1 saturated heterocycles. The number of Topliss-reactive ketones (excluding diaryl/α,β-unsaturated/α-hetero) is 1. The van der Waals surface area contributed by atoms with Crippen molar-refractivity contribution in [3.8, 4) is 0 Å². The third-order valence-corrected chi connectivity index (χ3v) is 3.81. The predicted molar refractivity (Wildman–Crippen MR) is 70.7 cm³/mol. The Bertz CT molecular complexity index is 490. The van der Waals surface area contributed by atoms with Crippen LogP contribution in [0.5, 0.6) is 0 Å². The molecule has 1 unspecified atom stereocenters. The van der Waals surface area contributed by atoms with Crippen molar-refractivity contribution in [3.05, 3.63) is 35.4 Å². The van der Waals surface area contributed by atoms with E-state index in [0.717, 1.165) is 31.5 Å². The molecule has 20 heavy (non-hydrogen) atoms. The highest BCUT2D eigenvalue weighted by atomic mass is 19.4. The van der Waals surface area contributed by atoms with Crippen LogP contribution in [0.25, 0.3) is 0 Å². The summed E-state index contributed by atoms with van der Waals surface area (Å²) in [6.07, 6.45) is -1.38. The van der Waals surface area contributed by atoms with Gasteiger partial charge in [-0.05, 0) is 37.9 Å². The quantitative estimate of drug-likeness (QED) is 0.852. The molecule has 2 rings (SSSR count). The van der Waals surface area contributed by atoms with Gasteiger partial charge in [-0.3, -0.25) is 4.79 Å². The van der Waals surface area contributed by atoms with Crippen molar-refractivity contribution in [1.82, 2.24) is 5.32 Å². The van der Waals surface area contributed by atoms with Crippen LogP contribution in [-0.2, 0) is 6.18 Å². The molecule has 1 N–H and O–H groups in total. The minimum absolute atomic E-state index is 0.141. The van der Waals surface area contributed by atoms with E-state index in [1.165, 1.54) is 12.1 Å². The molecule has 0 aromatic heterocycles. The van der Waals surface area contributed by atoms with Gasteiger partial charge in [0.25, 0.3) is 0 Å². The number of carbonyl (C=O) groups is 1. The second-order valence-electron chi connectivity index (χ2n) is 5.27. The summed E-state index contributed by atoms with van der Waals surface area (Å²) in [6, 6.07) is 4.71. The van der Waals surface area contributed by atoms with Crippen LogP contribution in [-0.4, -0.2) is 17.9 Å². The molecule has 0 saturated carbocycles. The minimum Gasteiger partial charge on any atom is -0.305 e. The minimum atomic E-state index is -4.42. The molecule has 1 heterocycles. The third-order valence-electron chi connectivity index (χ3n) is 3.81. The fourth-order valence-electron chi connectivity index (χ4n) is 2.87. The van der Waals surface area contributed by atoms with Crippen molar-refractivity contribution in [3.63, 3.8) is 0 Å². The average Bonchev–Trinajstić information content (AvgIpc) is 2.87. The molecule has 1 aromatic carbocycles. The number of nitrogens with one attached hydrogen (secondary N) is 1. The van der Waals surface area contributed by atoms with E-state index in [-0.39, 0.29) is 11.3 Å². The summed E-state index contributed by atoms with van der Waals surface area (Å²) < 4.78 is 38.2. The van der Waals surface area contributed by atoms with Crippen molar-refractivity contribution in [2.24, 2.45) is 0 Å². The molecule has 0 spiro atoms. The average molecular weight is 285 g/mol. The standard InChI is InChI=1S/C15H18F3NO/c1-2-7-14(8-4-9-19-14)13(20)11-5-3-6-12(10-11)15(16,17)18/h3,5-6,10,19H,2,4,7-9H2,1H3. The van der Waals surface area contributed by atoms with Crippen LogP contribution >= 0.6 is 0 Å². The third kappa shape index (κ3) is 2.87. The van der Waals surface area contributed by atoms with E-state index in [9.17, 15) is 18.0 Å². The lowest BCUT2D eigenvalue weighted by atomic mass is 9.83. The van der Waals surface area contributed by atoms with Gasteiger partial charge in [0.15, 0.2) is 5.78 Å². The first kappa shape index (κ1) is 15.0. The van der Waals surface area contributed by atoms with Crippen LogP contribution in [0.1, 0.15) is 48.5 Å². The Balaban J connectivity index is 2.33. The summed E-state index contributed by atoms with van der Waals surface area (Å²) in [6.45, 7) is 2.71. The molecular weight excluding hydrogens is 267 g/mol. The van der Waals surface area contributed by atoms with Gasteiger partial charge >= 0.3 is 6.18 Å². The molecule has 1 aliphatic heterocycles. The maximum Gasteiger partial charge on any atom is 0.416 e. The van der Waals surface area contributed by atoms with Gasteiger partial charge in [0.2, 0.25) is 0 Å². The topological polar surface area (TPSA) is 29.1 Å². The number of rotatable bonds is 4. The summed E-state index contributed by atoms with van der Waals surface area (Å²) in [5.74, 6) is -0.219. The number of halogens is 3. The van der Waals surface area contributed by atoms with Crippen molar-refractivity contribution in [2.45, 2.75) is 44.3 Å². The van der Waals surface area contributed by atoms with Gasteiger partial charge in [0, 0.05) is 5.56 Å². The highest BCUT2D eigenvalue weighted by molar-refractivity contribution is 6.03. The number of ketones is 1. The van der Waals surface area contributed by atoms with Gasteiger partial charge in [-0.2, -0.15) is 13.2 Å². The Hall–Kier alpha value is -1.36. The summed E-state index contributed by atoms with van der Waals surface area (Å²) >= 11 is 0. The zero-order chi connectivity index (χ0) is 14.8. The van der Waals surface area contributed by atoms with Gasteiger partial charge in [-0.1, -0.05) is 25.5 Å². The van der Waals surface area contributed by atoms with Gasteiger partial charge in [-0.15, -0.1) is 0 Å². The van der Waals surface area contributed by atoms with E-state index < -0.39 is 17.3 Å². The zero-order valence-electron chi connectivity index (χ0n) is 11.4. The molecule has 2 nitrogen and oxygen atoms in total. The van der Waals surface area contributed by atoms with Crippen LogP contribution in [0, 0.1) is 0 Å². The molecule has 0 aliphatic carbocycles. The van der Waals surface area contributed by atoms with Crippen LogP contribution in [0.2, 0.25) is 0 Å². The lowest BCUT2D eigenvalue weighted by Gasteiger charge is -2.28. The van der Waals surface area contributed by atoms with E-state index >= 15 is 0 Å². The second kappa shape index (κ2) is 5.56. The highest BCUT2D eigenvalue weighted by Crippen LogP contribution is 2.32. The Kier molecular flexibility index (Phi) is 4.18. The molecule has 1 fully saturated rings. The van der Waals surface area contributed by atoms with Crippen molar-refractivity contribution < 1.29 is 18.0 Å². The molecule has 110 valence electrons. The monoisotopic (exact) mass is 285 g/mol. The summed E-state index contributed by atoms with van der Waals surface area (Å²) in [4.78, 5) is 12.6. The van der Waals surface area contributed by atoms with Crippen molar-refractivity contribution in [2.75, 3.05) is 6.54 Å². The van der Waals surface area contributed by atoms with Gasteiger partial charge in [-0.25, -0.2) is 0 Å². The lowest BCUT2D eigenvalue weighted by Crippen LogP contribution is -2.47. The zero-order valence-corrected chi connectivity index (χ0v) is 11.4. The maximum absolute atomic E-state index is 12.7. The fourth-order valence-corrected chi connectivity index (χ4v) is 2.87. The van der Waals surface area contributed by atoms with Crippen LogP contribution in [0.3, 0.4) is 0 Å². The Labute approximate surface area is 116 Å². The van der Waals surface area contributed by atoms with E-state index in [2.05, 4.69) is 5.32 Å². The molecule has 0 amide bonds. The molecular formula is C15H18F3NO. The summed E-state index contributed by atoms with van der Waals surface area (Å²) in [7, 11) is 0. The van der Waals surface area contributed by atoms with Crippen molar-refractivity contribution in [1.29, 1.82) is 0 Å².